The van der Waals surface area contributed by atoms with Crippen LogP contribution in [-0.4, -0.2) is 42.0 Å². The fraction of sp³-hybridized carbons (Fsp3) is 0.750. The van der Waals surface area contributed by atoms with Gasteiger partial charge in [-0.05, 0) is 22.6 Å². The van der Waals surface area contributed by atoms with Gasteiger partial charge < -0.3 is 5.11 Å². The topological polar surface area (TPSA) is 29.5 Å². The molecule has 0 radical (unpaired) electrons. The number of aliphatic hydroxyl groups excluding tert-OH is 1. The van der Waals surface area contributed by atoms with Crippen LogP contribution >= 0.6 is 22.6 Å². The second kappa shape index (κ2) is 6.26. The van der Waals surface area contributed by atoms with Crippen molar-refractivity contribution in [1.82, 2.24) is 0 Å². The summed E-state index contributed by atoms with van der Waals surface area (Å²) in [4.78, 5) is 0. The molecule has 0 aromatic heterocycles. The quantitative estimate of drug-likeness (QED) is 0.481. The van der Waals surface area contributed by atoms with Crippen LogP contribution in [0, 0.1) is 0 Å². The van der Waals surface area contributed by atoms with E-state index in [9.17, 15) is 48.3 Å². The van der Waals surface area contributed by atoms with Crippen LogP contribution in [0.2, 0.25) is 0 Å². The first kappa shape index (κ1) is 21.6. The molecule has 1 N–H and O–H groups in total. The van der Waals surface area contributed by atoms with E-state index in [1.807, 2.05) is 0 Å². The molecule has 0 saturated carbocycles. The molecule has 0 aromatic carbocycles. The summed E-state index contributed by atoms with van der Waals surface area (Å²) >= 11 is 0.796. The van der Waals surface area contributed by atoms with E-state index in [0.29, 0.717) is 0 Å². The highest BCUT2D eigenvalue weighted by Crippen LogP contribution is 2.51. The van der Waals surface area contributed by atoms with Gasteiger partial charge in [0.15, 0.2) is 0 Å². The monoisotopic (exact) mass is 468 g/mol. The van der Waals surface area contributed by atoms with Crippen molar-refractivity contribution in [2.24, 2.45) is 0 Å². The zero-order valence-corrected chi connectivity index (χ0v) is 11.8. The van der Waals surface area contributed by atoms with Crippen LogP contribution in [-0.2, 0) is 4.74 Å². The van der Waals surface area contributed by atoms with E-state index in [-0.39, 0.29) is 0 Å². The zero-order valence-electron chi connectivity index (χ0n) is 9.68. The Labute approximate surface area is 128 Å². The summed E-state index contributed by atoms with van der Waals surface area (Å²) < 4.78 is 137. The maximum atomic E-state index is 13.4. The van der Waals surface area contributed by atoms with Crippen LogP contribution in [0.1, 0.15) is 0 Å². The third kappa shape index (κ3) is 4.33. The average molecular weight is 468 g/mol. The van der Waals surface area contributed by atoms with Crippen molar-refractivity contribution < 1.29 is 58.1 Å². The summed E-state index contributed by atoms with van der Waals surface area (Å²) in [5.74, 6) is -12.8. The fourth-order valence-corrected chi connectivity index (χ4v) is 1.23. The Hall–Kier alpha value is -0.380. The van der Waals surface area contributed by atoms with Crippen molar-refractivity contribution in [2.45, 2.75) is 30.2 Å². The number of aliphatic hydroxyl groups is 1. The fourth-order valence-electron chi connectivity index (χ4n) is 0.832. The minimum Gasteiger partial charge on any atom is -0.391 e. The van der Waals surface area contributed by atoms with Gasteiger partial charge in [0, 0.05) is 9.66 Å². The van der Waals surface area contributed by atoms with Gasteiger partial charge in [-0.3, -0.25) is 4.74 Å². The molecule has 0 heterocycles. The Morgan fingerprint density at radius 1 is 0.864 bits per heavy atom. The Morgan fingerprint density at radius 3 is 1.55 bits per heavy atom. The first-order valence-corrected chi connectivity index (χ1v) is 5.75. The summed E-state index contributed by atoms with van der Waals surface area (Å²) in [6, 6.07) is 0. The molecule has 0 spiro atoms. The molecule has 132 valence electrons. The van der Waals surface area contributed by atoms with Gasteiger partial charge in [0.25, 0.3) is 0 Å². The summed E-state index contributed by atoms with van der Waals surface area (Å²) in [5, 5.41) is 8.37. The van der Waals surface area contributed by atoms with Gasteiger partial charge in [-0.25, -0.2) is 0 Å². The largest absolute Gasteiger partial charge is 0.462 e. The molecule has 2 nitrogen and oxygen atoms in total. The number of alkyl halides is 11. The van der Waals surface area contributed by atoms with E-state index in [1.165, 1.54) is 0 Å². The highest BCUT2D eigenvalue weighted by molar-refractivity contribution is 14.1. The normalized spacial score (nSPS) is 18.3. The Bertz CT molecular complexity index is 427. The summed E-state index contributed by atoms with van der Waals surface area (Å²) in [7, 11) is 0. The van der Waals surface area contributed by atoms with Crippen molar-refractivity contribution in [3.8, 4) is 0 Å². The molecular weight excluding hydrogens is 464 g/mol. The smallest absolute Gasteiger partial charge is 0.391 e. The molecule has 0 bridgehead atoms. The van der Waals surface area contributed by atoms with Gasteiger partial charge in [0.05, 0.1) is 6.61 Å². The van der Waals surface area contributed by atoms with Gasteiger partial charge in [0.2, 0.25) is 0 Å². The van der Waals surface area contributed by atoms with E-state index >= 15 is 0 Å². The van der Waals surface area contributed by atoms with Crippen LogP contribution in [0.15, 0.2) is 9.66 Å². The van der Waals surface area contributed by atoms with E-state index in [2.05, 4.69) is 4.74 Å². The molecule has 22 heavy (non-hydrogen) atoms. The highest BCUT2D eigenvalue weighted by Gasteiger charge is 2.78. The van der Waals surface area contributed by atoms with E-state index < -0.39 is 46.5 Å². The van der Waals surface area contributed by atoms with Gasteiger partial charge in [-0.15, -0.1) is 0 Å². The van der Waals surface area contributed by atoms with Crippen molar-refractivity contribution in [3.05, 3.63) is 9.66 Å². The minimum atomic E-state index is -7.10. The number of halogens is 12. The van der Waals surface area contributed by atoms with Crippen LogP contribution in [0.4, 0.5) is 48.3 Å². The lowest BCUT2D eigenvalue weighted by Crippen LogP contribution is -2.58. The van der Waals surface area contributed by atoms with E-state index in [1.54, 1.807) is 0 Å². The maximum Gasteiger partial charge on any atom is 0.462 e. The van der Waals surface area contributed by atoms with Crippen LogP contribution < -0.4 is 0 Å². The Balaban J connectivity index is 5.88. The molecule has 0 aromatic rings. The molecule has 0 aliphatic rings. The van der Waals surface area contributed by atoms with Crippen molar-refractivity contribution >= 4 is 22.6 Å². The van der Waals surface area contributed by atoms with Crippen molar-refractivity contribution in [3.63, 3.8) is 0 Å². The van der Waals surface area contributed by atoms with Gasteiger partial charge >= 0.3 is 30.2 Å². The van der Waals surface area contributed by atoms with Gasteiger partial charge in [-0.2, -0.15) is 48.3 Å². The third-order valence-electron chi connectivity index (χ3n) is 1.88. The summed E-state index contributed by atoms with van der Waals surface area (Å²) in [5.41, 5.74) is 0. The van der Waals surface area contributed by atoms with Gasteiger partial charge in [0.1, 0.15) is 0 Å². The number of rotatable bonds is 5. The Kier molecular flexibility index (Phi) is 6.15. The summed E-state index contributed by atoms with van der Waals surface area (Å²) in [6.45, 7) is -1.34. The number of hydrogen-bond acceptors (Lipinski definition) is 2. The molecular formula is C8H4F11IO2. The number of ether oxygens (including phenoxy) is 1. The summed E-state index contributed by atoms with van der Waals surface area (Å²) in [6.07, 6.45) is -21.2. The Morgan fingerprint density at radius 2 is 1.27 bits per heavy atom. The molecule has 1 unspecified atom stereocenters. The van der Waals surface area contributed by atoms with Gasteiger partial charge in [-0.1, -0.05) is 0 Å². The first-order chi connectivity index (χ1) is 9.41. The lowest BCUT2D eigenvalue weighted by atomic mass is 10.2. The average Bonchev–Trinajstić information content (AvgIpc) is 2.24. The molecule has 14 heteroatoms. The second-order valence-electron chi connectivity index (χ2n) is 3.58. The molecule has 0 fully saturated rings. The molecule has 0 aliphatic heterocycles. The van der Waals surface area contributed by atoms with E-state index in [4.69, 9.17) is 5.11 Å². The number of hydrogen-bond donors (Lipinski definition) is 1. The molecule has 0 saturated heterocycles. The van der Waals surface area contributed by atoms with E-state index in [0.717, 1.165) is 22.6 Å². The van der Waals surface area contributed by atoms with Crippen LogP contribution in [0.25, 0.3) is 0 Å². The van der Waals surface area contributed by atoms with Crippen LogP contribution in [0.5, 0.6) is 0 Å². The standard InChI is InChI=1S/C8H4F11IO2/c9-4(6(12,13)14,1-3(20)2-21)22-8(18,19)5(10,11)7(15,16)17/h1,21H,2H2/b3-1-. The second-order valence-corrected chi connectivity index (χ2v) is 4.97. The predicted molar refractivity (Wildman–Crippen MR) is 56.1 cm³/mol. The van der Waals surface area contributed by atoms with Crippen molar-refractivity contribution in [2.75, 3.05) is 6.61 Å². The molecule has 0 aliphatic carbocycles. The lowest BCUT2D eigenvalue weighted by molar-refractivity contribution is -0.473. The minimum absolute atomic E-state index is 0.796. The predicted octanol–water partition coefficient (Wildman–Crippen LogP) is 4.33. The third-order valence-corrected chi connectivity index (χ3v) is 2.53. The van der Waals surface area contributed by atoms with Crippen molar-refractivity contribution in [1.29, 1.82) is 0 Å². The first-order valence-electron chi connectivity index (χ1n) is 4.67. The molecule has 0 rings (SSSR count). The molecule has 0 amide bonds. The SMILES string of the molecule is OC/C(I)=C/C(F)(OC(F)(F)C(F)(F)C(F)(F)F)C(F)(F)F. The lowest BCUT2D eigenvalue weighted by Gasteiger charge is -2.33. The maximum absolute atomic E-state index is 13.4. The highest BCUT2D eigenvalue weighted by atomic mass is 127. The molecule has 1 atom stereocenters. The van der Waals surface area contributed by atoms with Crippen LogP contribution in [0.3, 0.4) is 0 Å². The zero-order chi connectivity index (χ0) is 18.2.